The molecule has 3 N–H and O–H groups in total. The van der Waals surface area contributed by atoms with Gasteiger partial charge in [-0.2, -0.15) is 5.10 Å². The molecule has 0 spiro atoms. The van der Waals surface area contributed by atoms with Gasteiger partial charge >= 0.3 is 0 Å². The highest BCUT2D eigenvalue weighted by molar-refractivity contribution is 6.31. The number of rotatable bonds is 0. The topological polar surface area (TPSA) is 66.0 Å². The fraction of sp³-hybridized carbons (Fsp3) is 0.500. The quantitative estimate of drug-likeness (QED) is 0.569. The predicted molar refractivity (Wildman–Crippen MR) is 91.7 cm³/mol. The number of fused-ring (bicyclic) bond motifs is 1. The molecule has 5 nitrogen and oxygen atoms in total. The van der Waals surface area contributed by atoms with Crippen molar-refractivity contribution in [2.75, 3.05) is 26.2 Å². The fourth-order valence-corrected chi connectivity index (χ4v) is 3.31. The van der Waals surface area contributed by atoms with E-state index in [1.807, 2.05) is 12.1 Å². The molecule has 1 unspecified atom stereocenters. The molecule has 1 fully saturated rings. The lowest BCUT2D eigenvalue weighted by atomic mass is 9.90. The molecule has 0 aliphatic carbocycles. The average molecular weight is 320 g/mol. The molecule has 0 aromatic heterocycles. The Morgan fingerprint density at radius 1 is 1.36 bits per heavy atom. The van der Waals surface area contributed by atoms with Crippen LogP contribution in [0.1, 0.15) is 36.8 Å². The molecule has 1 saturated heterocycles. The molecule has 1 atom stereocenters. The number of hydrogen-bond donors (Lipinski definition) is 2. The zero-order valence-electron chi connectivity index (χ0n) is 12.8. The molecular formula is C16H22ClN5. The van der Waals surface area contributed by atoms with Crippen molar-refractivity contribution in [1.82, 2.24) is 10.2 Å². The number of nitrogens with one attached hydrogen (secondary N) is 1. The number of nitrogens with zero attached hydrogens (tertiary/aromatic N) is 3. The van der Waals surface area contributed by atoms with Crippen molar-refractivity contribution in [1.29, 1.82) is 0 Å². The highest BCUT2D eigenvalue weighted by atomic mass is 35.5. The first-order valence-electron chi connectivity index (χ1n) is 7.80. The van der Waals surface area contributed by atoms with E-state index in [-0.39, 0.29) is 0 Å². The van der Waals surface area contributed by atoms with Crippen LogP contribution in [0.5, 0.6) is 0 Å². The summed E-state index contributed by atoms with van der Waals surface area (Å²) in [5.74, 6) is 7.73. The monoisotopic (exact) mass is 319 g/mol. The average Bonchev–Trinajstić information content (AvgIpc) is 2.54. The molecule has 1 aromatic rings. The van der Waals surface area contributed by atoms with Crippen molar-refractivity contribution in [3.8, 4) is 0 Å². The van der Waals surface area contributed by atoms with E-state index < -0.39 is 0 Å². The second-order valence-electron chi connectivity index (χ2n) is 5.89. The molecule has 0 amide bonds. The fourth-order valence-electron chi connectivity index (χ4n) is 3.14. The van der Waals surface area contributed by atoms with Gasteiger partial charge in [-0.1, -0.05) is 24.6 Å². The van der Waals surface area contributed by atoms with Gasteiger partial charge < -0.3 is 16.1 Å². The lowest BCUT2D eigenvalue weighted by Gasteiger charge is -2.32. The van der Waals surface area contributed by atoms with E-state index in [0.717, 1.165) is 50.4 Å². The number of piperazine rings is 1. The van der Waals surface area contributed by atoms with Gasteiger partial charge in [0.2, 0.25) is 0 Å². The van der Waals surface area contributed by atoms with E-state index in [2.05, 4.69) is 28.3 Å². The molecule has 3 rings (SSSR count). The molecule has 0 radical (unpaired) electrons. The van der Waals surface area contributed by atoms with Gasteiger partial charge in [0, 0.05) is 43.2 Å². The van der Waals surface area contributed by atoms with E-state index in [4.69, 9.17) is 22.4 Å². The number of amidine groups is 2. The normalized spacial score (nSPS) is 24.5. The van der Waals surface area contributed by atoms with Crippen LogP contribution in [0, 0.1) is 0 Å². The molecule has 1 aromatic carbocycles. The van der Waals surface area contributed by atoms with Crippen molar-refractivity contribution in [3.05, 3.63) is 34.3 Å². The molecule has 0 saturated carbocycles. The maximum atomic E-state index is 6.16. The molecule has 2 aliphatic heterocycles. The predicted octanol–water partition coefficient (Wildman–Crippen LogP) is 2.16. The maximum Gasteiger partial charge on any atom is 0.180 e. The highest BCUT2D eigenvalue weighted by Crippen LogP contribution is 2.30. The van der Waals surface area contributed by atoms with Crippen molar-refractivity contribution in [2.24, 2.45) is 15.9 Å². The highest BCUT2D eigenvalue weighted by Gasteiger charge is 2.23. The SMILES string of the molecule is CC1CCC(N2CCNCC2)=N/C(=N/N)c2cc(Cl)ccc21. The molecule has 6 heteroatoms. The van der Waals surface area contributed by atoms with Crippen molar-refractivity contribution < 1.29 is 0 Å². The van der Waals surface area contributed by atoms with Gasteiger partial charge in [0.05, 0.1) is 0 Å². The van der Waals surface area contributed by atoms with Crippen LogP contribution in [-0.4, -0.2) is 42.8 Å². The lowest BCUT2D eigenvalue weighted by Crippen LogP contribution is -2.47. The van der Waals surface area contributed by atoms with Gasteiger partial charge in [0.15, 0.2) is 5.84 Å². The van der Waals surface area contributed by atoms with Crippen molar-refractivity contribution in [3.63, 3.8) is 0 Å². The molecule has 2 aliphatic rings. The third kappa shape index (κ3) is 3.10. The zero-order chi connectivity index (χ0) is 15.5. The number of hydrazone groups is 1. The molecule has 2 heterocycles. The summed E-state index contributed by atoms with van der Waals surface area (Å²) in [6, 6.07) is 5.91. The largest absolute Gasteiger partial charge is 0.357 e. The Morgan fingerprint density at radius 2 is 2.14 bits per heavy atom. The van der Waals surface area contributed by atoms with Crippen LogP contribution in [-0.2, 0) is 0 Å². The van der Waals surface area contributed by atoms with E-state index in [0.29, 0.717) is 16.8 Å². The van der Waals surface area contributed by atoms with Crippen LogP contribution in [0.3, 0.4) is 0 Å². The van der Waals surface area contributed by atoms with Crippen LogP contribution in [0.4, 0.5) is 0 Å². The smallest absolute Gasteiger partial charge is 0.180 e. The van der Waals surface area contributed by atoms with Crippen molar-refractivity contribution in [2.45, 2.75) is 25.7 Å². The number of benzene rings is 1. The van der Waals surface area contributed by atoms with Gasteiger partial charge in [-0.25, -0.2) is 4.99 Å². The van der Waals surface area contributed by atoms with E-state index in [1.165, 1.54) is 5.56 Å². The maximum absolute atomic E-state index is 6.16. The van der Waals surface area contributed by atoms with E-state index in [1.54, 1.807) is 0 Å². The Morgan fingerprint density at radius 3 is 2.86 bits per heavy atom. The summed E-state index contributed by atoms with van der Waals surface area (Å²) in [7, 11) is 0. The third-order valence-electron chi connectivity index (χ3n) is 4.43. The van der Waals surface area contributed by atoms with E-state index >= 15 is 0 Å². The second kappa shape index (κ2) is 6.67. The summed E-state index contributed by atoms with van der Waals surface area (Å²) >= 11 is 6.16. The number of halogens is 1. The summed E-state index contributed by atoms with van der Waals surface area (Å²) in [5, 5.41) is 8.00. The minimum Gasteiger partial charge on any atom is -0.357 e. The zero-order valence-corrected chi connectivity index (χ0v) is 13.6. The first-order valence-corrected chi connectivity index (χ1v) is 8.17. The first-order chi connectivity index (χ1) is 10.7. The summed E-state index contributed by atoms with van der Waals surface area (Å²) in [5.41, 5.74) is 2.17. The Bertz CT molecular complexity index is 605. The Balaban J connectivity index is 2.01. The van der Waals surface area contributed by atoms with Crippen LogP contribution in [0.2, 0.25) is 5.02 Å². The van der Waals surface area contributed by atoms with Gasteiger partial charge in [-0.15, -0.1) is 0 Å². The molecule has 0 bridgehead atoms. The van der Waals surface area contributed by atoms with Crippen LogP contribution in [0.25, 0.3) is 0 Å². The summed E-state index contributed by atoms with van der Waals surface area (Å²) in [4.78, 5) is 7.11. The minimum atomic E-state index is 0.428. The van der Waals surface area contributed by atoms with Gasteiger partial charge in [-0.3, -0.25) is 0 Å². The molecule has 118 valence electrons. The van der Waals surface area contributed by atoms with Crippen molar-refractivity contribution >= 4 is 23.3 Å². The van der Waals surface area contributed by atoms with Crippen LogP contribution < -0.4 is 11.2 Å². The standard InChI is InChI=1S/C16H22ClN5/c1-11-2-5-15(22-8-6-19-7-9-22)20-16(21-18)14-10-12(17)3-4-13(11)14/h3-4,10-11,19H,2,5-9,18H2,1H3/b20-15?,21-16+. The Hall–Kier alpha value is -1.59. The second-order valence-corrected chi connectivity index (χ2v) is 6.33. The van der Waals surface area contributed by atoms with Gasteiger partial charge in [0.25, 0.3) is 0 Å². The van der Waals surface area contributed by atoms with Crippen LogP contribution >= 0.6 is 11.6 Å². The minimum absolute atomic E-state index is 0.428. The lowest BCUT2D eigenvalue weighted by molar-refractivity contribution is 0.350. The van der Waals surface area contributed by atoms with Gasteiger partial charge in [0.1, 0.15) is 5.84 Å². The first kappa shape index (κ1) is 15.3. The number of nitrogens with two attached hydrogens (primary N) is 1. The van der Waals surface area contributed by atoms with Crippen LogP contribution in [0.15, 0.2) is 28.3 Å². The third-order valence-corrected chi connectivity index (χ3v) is 4.66. The molecular weight excluding hydrogens is 298 g/mol. The Kier molecular flexibility index (Phi) is 4.64. The molecule has 22 heavy (non-hydrogen) atoms. The summed E-state index contributed by atoms with van der Waals surface area (Å²) < 4.78 is 0. The van der Waals surface area contributed by atoms with E-state index in [9.17, 15) is 0 Å². The summed E-state index contributed by atoms with van der Waals surface area (Å²) in [6.07, 6.45) is 2.01. The number of hydrogen-bond acceptors (Lipinski definition) is 4. The van der Waals surface area contributed by atoms with Gasteiger partial charge in [-0.05, 0) is 30.0 Å². The summed E-state index contributed by atoms with van der Waals surface area (Å²) in [6.45, 7) is 6.18. The Labute approximate surface area is 136 Å². The number of aliphatic imine (C=N–C) groups is 1.